The minimum atomic E-state index is 0.603. The van der Waals surface area contributed by atoms with Crippen LogP contribution in [-0.2, 0) is 19.3 Å². The van der Waals surface area contributed by atoms with Crippen molar-refractivity contribution in [2.75, 3.05) is 0 Å². The van der Waals surface area contributed by atoms with Crippen molar-refractivity contribution in [1.29, 1.82) is 0 Å². The first kappa shape index (κ1) is 71.4. The number of benzene rings is 6. The molecule has 0 radical (unpaired) electrons. The van der Waals surface area contributed by atoms with Crippen molar-refractivity contribution in [3.05, 3.63) is 179 Å². The van der Waals surface area contributed by atoms with Gasteiger partial charge in [-0.2, -0.15) is 0 Å². The van der Waals surface area contributed by atoms with Gasteiger partial charge in [-0.1, -0.05) is 302 Å². The van der Waals surface area contributed by atoms with Crippen LogP contribution in [0.25, 0.3) is 33.4 Å². The van der Waals surface area contributed by atoms with Crippen LogP contribution >= 0.6 is 0 Å². The highest BCUT2D eigenvalue weighted by molar-refractivity contribution is 5.67. The molecule has 0 heterocycles. The van der Waals surface area contributed by atoms with Crippen LogP contribution in [0.1, 0.15) is 287 Å². The van der Waals surface area contributed by atoms with E-state index < -0.39 is 0 Å². The molecule has 0 atom stereocenters. The second kappa shape index (κ2) is 42.9. The molecule has 3 saturated carbocycles. The van der Waals surface area contributed by atoms with Crippen molar-refractivity contribution in [2.45, 2.75) is 273 Å². The normalized spacial score (nSPS) is 18.6. The van der Waals surface area contributed by atoms with Gasteiger partial charge in [0.25, 0.3) is 0 Å². The van der Waals surface area contributed by atoms with Gasteiger partial charge in [-0.25, -0.2) is 0 Å². The van der Waals surface area contributed by atoms with E-state index in [1.54, 1.807) is 0 Å². The smallest absolute Gasteiger partial charge is 0.0245 e. The summed E-state index contributed by atoms with van der Waals surface area (Å²) in [4.78, 5) is 0. The summed E-state index contributed by atoms with van der Waals surface area (Å²) in [6.07, 6.45) is 48.3. The molecular weight excluding hydrogens is 1080 g/mol. The van der Waals surface area contributed by atoms with Crippen molar-refractivity contribution in [3.63, 3.8) is 0 Å². The molecular formula is C90H120. The van der Waals surface area contributed by atoms with E-state index >= 15 is 0 Å². The van der Waals surface area contributed by atoms with Gasteiger partial charge in [0.05, 0.1) is 0 Å². The third-order valence-electron chi connectivity index (χ3n) is 20.1. The quantitative estimate of drug-likeness (QED) is 0.0356. The zero-order valence-corrected chi connectivity index (χ0v) is 57.8. The molecule has 0 heteroatoms. The van der Waals surface area contributed by atoms with Gasteiger partial charge < -0.3 is 0 Å². The summed E-state index contributed by atoms with van der Waals surface area (Å²) in [5, 5.41) is 0. The van der Waals surface area contributed by atoms with Crippen LogP contribution in [0.5, 0.6) is 0 Å². The standard InChI is InChI=1S/C32H44.C31H42.C27H34/c1-3-5-7-8-10-12-27-13-15-29(16-14-27)17-18-30-21-25-32(26-22-30)31-23-19-28(20-24-31)11-9-6-4-2;1-3-5-7-9-11-26-12-14-28(15-13-26)16-17-29-20-24-31(25-21-29)30-22-18-27(19-23-30)10-8-6-4-2;1-3-4-5-6-7-23-14-18-26(19-15-23)27-20-16-25(17-21-27)13-12-24-10-8-22(2)9-11-24/h19-27,29H,3-16H2,1-2H3;18-26,28H,3-15H2,1-2H3;14-22,24H,3-11H2,1-2H3/t27-,29-;26-,28-;22-,24-. The predicted molar refractivity (Wildman–Crippen MR) is 395 cm³/mol. The van der Waals surface area contributed by atoms with Gasteiger partial charge in [-0.15, -0.1) is 0 Å². The molecule has 6 aromatic carbocycles. The lowest BCUT2D eigenvalue weighted by atomic mass is 9.80. The Morgan fingerprint density at radius 1 is 0.256 bits per heavy atom. The summed E-state index contributed by atoms with van der Waals surface area (Å²) in [5.41, 5.74) is 15.6. The van der Waals surface area contributed by atoms with Gasteiger partial charge in [0, 0.05) is 34.4 Å². The van der Waals surface area contributed by atoms with E-state index in [1.165, 1.54) is 281 Å². The van der Waals surface area contributed by atoms with Crippen molar-refractivity contribution in [1.82, 2.24) is 0 Å². The first-order valence-corrected chi connectivity index (χ1v) is 37.4. The van der Waals surface area contributed by atoms with E-state index in [2.05, 4.69) is 223 Å². The maximum atomic E-state index is 3.58. The van der Waals surface area contributed by atoms with Crippen LogP contribution in [0.4, 0.5) is 0 Å². The first-order chi connectivity index (χ1) is 44.3. The highest BCUT2D eigenvalue weighted by Gasteiger charge is 2.21. The third kappa shape index (κ3) is 27.4. The number of hydrogen-bond acceptors (Lipinski definition) is 0. The Morgan fingerprint density at radius 3 is 0.789 bits per heavy atom. The van der Waals surface area contributed by atoms with Crippen LogP contribution in [0, 0.1) is 71.0 Å². The SMILES string of the molecule is CCCCCCC[C@H]1CC[C@H](C#Cc2ccc(-c3ccc(CCCCC)cc3)cc2)CC1.CCCCCC[C@H]1CC[C@H](C#Cc2ccc(-c3ccc(CCCCC)cc3)cc2)CC1.CCCCCCc1ccc(-c2ccc(C#C[C@H]3CC[C@H](C)CC3)cc2)cc1. The molecule has 0 nitrogen and oxygen atoms in total. The molecule has 9 rings (SSSR count). The molecule has 0 N–H and O–H groups in total. The lowest BCUT2D eigenvalue weighted by molar-refractivity contribution is 0.294. The summed E-state index contributed by atoms with van der Waals surface area (Å²) in [7, 11) is 0. The largest absolute Gasteiger partial charge is 0.0945 e. The molecule has 0 aliphatic heterocycles. The topological polar surface area (TPSA) is 0 Å². The maximum Gasteiger partial charge on any atom is 0.0245 e. The fourth-order valence-electron chi connectivity index (χ4n) is 13.8. The van der Waals surface area contributed by atoms with Crippen molar-refractivity contribution < 1.29 is 0 Å². The molecule has 480 valence electrons. The average Bonchev–Trinajstić information content (AvgIpc) is 3.72. The second-order valence-corrected chi connectivity index (χ2v) is 27.8. The molecule has 0 saturated heterocycles. The van der Waals surface area contributed by atoms with Gasteiger partial charge in [0.15, 0.2) is 0 Å². The number of rotatable bonds is 27. The first-order valence-electron chi connectivity index (χ1n) is 37.4. The van der Waals surface area contributed by atoms with E-state index in [4.69, 9.17) is 0 Å². The lowest BCUT2D eigenvalue weighted by Gasteiger charge is -2.25. The minimum absolute atomic E-state index is 0.603. The van der Waals surface area contributed by atoms with Gasteiger partial charge >= 0.3 is 0 Å². The summed E-state index contributed by atoms with van der Waals surface area (Å²) in [6, 6.07) is 53.8. The molecule has 3 aliphatic carbocycles. The highest BCUT2D eigenvalue weighted by Crippen LogP contribution is 2.34. The summed E-state index contributed by atoms with van der Waals surface area (Å²) < 4.78 is 0. The van der Waals surface area contributed by atoms with Crippen LogP contribution in [-0.4, -0.2) is 0 Å². The predicted octanol–water partition coefficient (Wildman–Crippen LogP) is 26.5. The van der Waals surface area contributed by atoms with E-state index in [9.17, 15) is 0 Å². The molecule has 90 heavy (non-hydrogen) atoms. The van der Waals surface area contributed by atoms with Crippen LogP contribution in [0.3, 0.4) is 0 Å². The van der Waals surface area contributed by atoms with Gasteiger partial charge in [-0.05, 0) is 220 Å². The summed E-state index contributed by atoms with van der Waals surface area (Å²) in [5.74, 6) is 25.6. The Hall–Kier alpha value is -6.00. The van der Waals surface area contributed by atoms with Crippen LogP contribution in [0.15, 0.2) is 146 Å². The highest BCUT2D eigenvalue weighted by atomic mass is 14.3. The minimum Gasteiger partial charge on any atom is -0.0945 e. The molecule has 3 fully saturated rings. The second-order valence-electron chi connectivity index (χ2n) is 27.8. The van der Waals surface area contributed by atoms with E-state index in [0.29, 0.717) is 17.8 Å². The Bertz CT molecular complexity index is 3000. The summed E-state index contributed by atoms with van der Waals surface area (Å²) in [6.45, 7) is 13.7. The monoisotopic (exact) mass is 1200 g/mol. The van der Waals surface area contributed by atoms with E-state index in [0.717, 1.165) is 34.4 Å². The lowest BCUT2D eigenvalue weighted by Crippen LogP contribution is -2.13. The van der Waals surface area contributed by atoms with Crippen molar-refractivity contribution >= 4 is 0 Å². The van der Waals surface area contributed by atoms with Crippen LogP contribution < -0.4 is 0 Å². The molecule has 6 aromatic rings. The molecule has 0 unspecified atom stereocenters. The Labute approximate surface area is 552 Å². The average molecular weight is 1200 g/mol. The molecule has 0 amide bonds. The molecule has 0 spiro atoms. The zero-order chi connectivity index (χ0) is 63.1. The number of unbranched alkanes of at least 4 members (excludes halogenated alkanes) is 14. The zero-order valence-electron chi connectivity index (χ0n) is 57.8. The van der Waals surface area contributed by atoms with Crippen molar-refractivity contribution in [3.8, 4) is 68.9 Å². The van der Waals surface area contributed by atoms with Gasteiger partial charge in [-0.3, -0.25) is 0 Å². The fraction of sp³-hybridized carbons (Fsp3) is 0.533. The third-order valence-corrected chi connectivity index (χ3v) is 20.1. The maximum absolute atomic E-state index is 3.58. The molecule has 0 bridgehead atoms. The van der Waals surface area contributed by atoms with Crippen molar-refractivity contribution in [2.24, 2.45) is 35.5 Å². The van der Waals surface area contributed by atoms with Gasteiger partial charge in [0.1, 0.15) is 0 Å². The Balaban J connectivity index is 0.000000193. The Morgan fingerprint density at radius 2 is 0.489 bits per heavy atom. The van der Waals surface area contributed by atoms with Gasteiger partial charge in [0.2, 0.25) is 0 Å². The summed E-state index contributed by atoms with van der Waals surface area (Å²) >= 11 is 0. The number of aryl methyl sites for hydroxylation is 3. The van der Waals surface area contributed by atoms with E-state index in [1.807, 2.05) is 0 Å². The molecule has 3 aliphatic rings. The van der Waals surface area contributed by atoms with Crippen LogP contribution in [0.2, 0.25) is 0 Å². The van der Waals surface area contributed by atoms with E-state index in [-0.39, 0.29) is 0 Å². The fourth-order valence-corrected chi connectivity index (χ4v) is 13.8. The molecule has 0 aromatic heterocycles. The Kier molecular flexibility index (Phi) is 34.1. The number of hydrogen-bond donors (Lipinski definition) is 0.